The van der Waals surface area contributed by atoms with Gasteiger partial charge in [-0.05, 0) is 19.1 Å². The largest absolute Gasteiger partial charge is 0.304 e. The molecule has 6 nitrogen and oxygen atoms in total. The highest BCUT2D eigenvalue weighted by molar-refractivity contribution is 7.99. The van der Waals surface area contributed by atoms with E-state index in [0.717, 1.165) is 11.0 Å². The number of thioether (sulfide) groups is 1. The summed E-state index contributed by atoms with van der Waals surface area (Å²) in [6.45, 7) is 2.50. The number of nitriles is 1. The molecule has 100 valence electrons. The molecule has 2 aromatic heterocycles. The van der Waals surface area contributed by atoms with Crippen LogP contribution in [0.25, 0.3) is 16.7 Å². The molecule has 0 N–H and O–H groups in total. The fraction of sp³-hybridized carbons (Fsp3) is 0.231. The van der Waals surface area contributed by atoms with E-state index in [4.69, 9.17) is 5.26 Å². The Morgan fingerprint density at radius 2 is 2.05 bits per heavy atom. The average molecular weight is 285 g/mol. The van der Waals surface area contributed by atoms with Crippen molar-refractivity contribution in [2.24, 2.45) is 0 Å². The molecule has 1 aromatic carbocycles. The van der Waals surface area contributed by atoms with Crippen LogP contribution in [0.4, 0.5) is 0 Å². The Labute approximate surface area is 118 Å². The van der Waals surface area contributed by atoms with E-state index in [9.17, 15) is 4.79 Å². The van der Waals surface area contributed by atoms with Crippen LogP contribution in [0.3, 0.4) is 0 Å². The van der Waals surface area contributed by atoms with E-state index < -0.39 is 0 Å². The molecule has 3 aromatic rings. The number of aromatic nitrogens is 4. The van der Waals surface area contributed by atoms with Gasteiger partial charge in [-0.15, -0.1) is 10.2 Å². The predicted molar refractivity (Wildman–Crippen MR) is 76.8 cm³/mol. The predicted octanol–water partition coefficient (Wildman–Crippen LogP) is 1.68. The molecular formula is C13H11N5OS. The molecule has 3 rings (SSSR count). The zero-order valence-electron chi connectivity index (χ0n) is 10.8. The molecular weight excluding hydrogens is 274 g/mol. The third-order valence-corrected chi connectivity index (χ3v) is 3.86. The molecule has 0 radical (unpaired) electrons. The lowest BCUT2D eigenvalue weighted by molar-refractivity contribution is 0.754. The number of hydrogen-bond acceptors (Lipinski definition) is 5. The van der Waals surface area contributed by atoms with Crippen molar-refractivity contribution in [2.45, 2.75) is 18.6 Å². The van der Waals surface area contributed by atoms with Crippen LogP contribution in [0.5, 0.6) is 0 Å². The lowest BCUT2D eigenvalue weighted by Gasteiger charge is -2.09. The van der Waals surface area contributed by atoms with Crippen LogP contribution in [-0.4, -0.2) is 24.9 Å². The summed E-state index contributed by atoms with van der Waals surface area (Å²) in [7, 11) is 0. The quantitative estimate of drug-likeness (QED) is 0.684. The van der Waals surface area contributed by atoms with Gasteiger partial charge in [0, 0.05) is 6.54 Å². The molecule has 20 heavy (non-hydrogen) atoms. The molecule has 0 aliphatic rings. The molecule has 0 saturated carbocycles. The molecule has 0 spiro atoms. The van der Waals surface area contributed by atoms with Crippen LogP contribution in [0.15, 0.2) is 34.2 Å². The summed E-state index contributed by atoms with van der Waals surface area (Å²) in [4.78, 5) is 12.4. The second-order valence-corrected chi connectivity index (χ2v) is 5.07. The molecule has 0 aliphatic carbocycles. The van der Waals surface area contributed by atoms with Gasteiger partial charge in [-0.25, -0.2) is 0 Å². The van der Waals surface area contributed by atoms with Gasteiger partial charge in [0.25, 0.3) is 5.56 Å². The minimum atomic E-state index is -0.164. The van der Waals surface area contributed by atoms with Gasteiger partial charge in [-0.3, -0.25) is 9.20 Å². The van der Waals surface area contributed by atoms with Crippen molar-refractivity contribution in [3.63, 3.8) is 0 Å². The van der Waals surface area contributed by atoms with Gasteiger partial charge in [-0.1, -0.05) is 23.9 Å². The second-order valence-electron chi connectivity index (χ2n) is 4.13. The Balaban J connectivity index is 2.45. The first-order chi connectivity index (χ1) is 9.77. The van der Waals surface area contributed by atoms with Crippen molar-refractivity contribution < 1.29 is 0 Å². The molecule has 0 saturated heterocycles. The first kappa shape index (κ1) is 12.7. The Morgan fingerprint density at radius 3 is 2.75 bits per heavy atom. The van der Waals surface area contributed by atoms with Crippen molar-refractivity contribution in [3.05, 3.63) is 34.6 Å². The van der Waals surface area contributed by atoms with Crippen LogP contribution >= 0.6 is 11.8 Å². The summed E-state index contributed by atoms with van der Waals surface area (Å²) < 4.78 is 3.41. The van der Waals surface area contributed by atoms with Gasteiger partial charge in [0.15, 0.2) is 5.16 Å². The number of rotatable bonds is 3. The number of benzene rings is 1. The van der Waals surface area contributed by atoms with Gasteiger partial charge in [0.05, 0.1) is 22.9 Å². The number of para-hydroxylation sites is 2. The first-order valence-electron chi connectivity index (χ1n) is 6.14. The molecule has 0 atom stereocenters. The Bertz CT molecular complexity index is 889. The minimum Gasteiger partial charge on any atom is -0.304 e. The van der Waals surface area contributed by atoms with E-state index >= 15 is 0 Å². The Kier molecular flexibility index (Phi) is 3.16. The average Bonchev–Trinajstić information content (AvgIpc) is 2.90. The molecule has 0 unspecified atom stereocenters. The highest BCUT2D eigenvalue weighted by Crippen LogP contribution is 2.21. The van der Waals surface area contributed by atoms with Crippen molar-refractivity contribution >= 4 is 28.4 Å². The zero-order valence-corrected chi connectivity index (χ0v) is 11.6. The number of fused-ring (bicyclic) bond motifs is 3. The summed E-state index contributed by atoms with van der Waals surface area (Å²) in [6, 6.07) is 9.68. The number of nitrogens with zero attached hydrogens (tertiary/aromatic N) is 5. The van der Waals surface area contributed by atoms with E-state index in [2.05, 4.69) is 16.3 Å². The second kappa shape index (κ2) is 4.98. The maximum absolute atomic E-state index is 12.4. The third kappa shape index (κ3) is 1.77. The molecule has 0 aliphatic heterocycles. The van der Waals surface area contributed by atoms with E-state index in [1.807, 2.05) is 31.2 Å². The van der Waals surface area contributed by atoms with Gasteiger partial charge in [0.1, 0.15) is 0 Å². The molecule has 0 amide bonds. The maximum Gasteiger partial charge on any atom is 0.296 e. The van der Waals surface area contributed by atoms with E-state index in [-0.39, 0.29) is 11.3 Å². The summed E-state index contributed by atoms with van der Waals surface area (Å²) in [5.41, 5.74) is 1.84. The smallest absolute Gasteiger partial charge is 0.296 e. The van der Waals surface area contributed by atoms with Crippen molar-refractivity contribution in [1.29, 1.82) is 5.26 Å². The fourth-order valence-corrected chi connectivity index (χ4v) is 2.85. The van der Waals surface area contributed by atoms with E-state index in [0.29, 0.717) is 17.3 Å². The Hall–Kier alpha value is -2.33. The molecule has 0 fully saturated rings. The number of aryl methyl sites for hydroxylation is 1. The highest BCUT2D eigenvalue weighted by Gasteiger charge is 2.15. The van der Waals surface area contributed by atoms with Crippen molar-refractivity contribution in [1.82, 2.24) is 19.2 Å². The van der Waals surface area contributed by atoms with Gasteiger partial charge < -0.3 is 4.57 Å². The van der Waals surface area contributed by atoms with Crippen LogP contribution in [-0.2, 0) is 6.54 Å². The normalized spacial score (nSPS) is 11.0. The van der Waals surface area contributed by atoms with Crippen LogP contribution in [0, 0.1) is 11.3 Å². The first-order valence-corrected chi connectivity index (χ1v) is 7.13. The van der Waals surface area contributed by atoms with Gasteiger partial charge >= 0.3 is 0 Å². The molecule has 7 heteroatoms. The Morgan fingerprint density at radius 1 is 1.30 bits per heavy atom. The summed E-state index contributed by atoms with van der Waals surface area (Å²) >= 11 is 1.27. The summed E-state index contributed by atoms with van der Waals surface area (Å²) in [6.07, 6.45) is 0. The third-order valence-electron chi connectivity index (χ3n) is 3.07. The van der Waals surface area contributed by atoms with Crippen LogP contribution < -0.4 is 5.56 Å². The van der Waals surface area contributed by atoms with Crippen molar-refractivity contribution in [2.75, 3.05) is 5.75 Å². The van der Waals surface area contributed by atoms with E-state index in [1.165, 1.54) is 11.8 Å². The van der Waals surface area contributed by atoms with Crippen LogP contribution in [0.2, 0.25) is 0 Å². The maximum atomic E-state index is 12.4. The minimum absolute atomic E-state index is 0.164. The topological polar surface area (TPSA) is 76.0 Å². The standard InChI is InChI=1S/C13H11N5OS/c1-2-17-9-5-3-4-6-10(9)18-11(12(17)19)15-16-13(18)20-8-7-14/h3-6H,2,8H2,1H3. The zero-order chi connectivity index (χ0) is 14.1. The summed E-state index contributed by atoms with van der Waals surface area (Å²) in [5, 5.41) is 17.3. The van der Waals surface area contributed by atoms with Crippen LogP contribution in [0.1, 0.15) is 6.92 Å². The van der Waals surface area contributed by atoms with Gasteiger partial charge in [-0.2, -0.15) is 5.26 Å². The highest BCUT2D eigenvalue weighted by atomic mass is 32.2. The van der Waals surface area contributed by atoms with E-state index in [1.54, 1.807) is 8.97 Å². The molecule has 0 bridgehead atoms. The molecule has 2 heterocycles. The van der Waals surface area contributed by atoms with Gasteiger partial charge in [0.2, 0.25) is 5.65 Å². The monoisotopic (exact) mass is 285 g/mol. The SMILES string of the molecule is CCn1c(=O)c2nnc(SCC#N)n2c2ccccc21. The fourth-order valence-electron chi connectivity index (χ4n) is 2.24. The number of hydrogen-bond donors (Lipinski definition) is 0. The lowest BCUT2D eigenvalue weighted by Crippen LogP contribution is -2.22. The van der Waals surface area contributed by atoms with Crippen molar-refractivity contribution in [3.8, 4) is 6.07 Å². The summed E-state index contributed by atoms with van der Waals surface area (Å²) in [5.74, 6) is 0.270. The lowest BCUT2D eigenvalue weighted by atomic mass is 10.3.